The number of anilines is 1. The normalized spacial score (nSPS) is 16.4. The third-order valence-electron chi connectivity index (χ3n) is 5.73. The molecule has 4 rings (SSSR count). The second-order valence-corrected chi connectivity index (χ2v) is 7.86. The van der Waals surface area contributed by atoms with Crippen molar-refractivity contribution in [1.29, 1.82) is 0 Å². The molecule has 1 saturated heterocycles. The molecule has 0 saturated carbocycles. The number of aromatic hydroxyl groups is 1. The molecule has 158 valence electrons. The molecule has 2 aliphatic heterocycles. The molecule has 0 atom stereocenters. The monoisotopic (exact) mass is 407 g/mol. The van der Waals surface area contributed by atoms with Crippen LogP contribution >= 0.6 is 0 Å². The third-order valence-corrected chi connectivity index (χ3v) is 5.73. The number of benzene rings is 2. The standard InChI is InChI=1S/C24H29N3O3/c28-22-8-5-7-21(17-22)27-14-12-26(13-15-27)11-4-3-10-25-24(29)20-16-19-6-1-2-9-23(19)30-18-20/h1-2,5-9,17-18,28H,3-4,10-16H2,(H,25,29). The van der Waals surface area contributed by atoms with Crippen LogP contribution in [-0.2, 0) is 11.2 Å². The average molecular weight is 408 g/mol. The van der Waals surface area contributed by atoms with Gasteiger partial charge >= 0.3 is 0 Å². The first-order chi connectivity index (χ1) is 14.7. The summed E-state index contributed by atoms with van der Waals surface area (Å²) in [7, 11) is 0. The molecule has 1 amide bonds. The summed E-state index contributed by atoms with van der Waals surface area (Å²) in [5, 5.41) is 12.7. The van der Waals surface area contributed by atoms with E-state index in [0.29, 0.717) is 24.3 Å². The zero-order valence-electron chi connectivity index (χ0n) is 17.2. The fraction of sp³-hybridized carbons (Fsp3) is 0.375. The Morgan fingerprint density at radius 2 is 1.87 bits per heavy atom. The lowest BCUT2D eigenvalue weighted by Gasteiger charge is -2.36. The van der Waals surface area contributed by atoms with Crippen LogP contribution < -0.4 is 15.0 Å². The molecule has 30 heavy (non-hydrogen) atoms. The molecule has 2 heterocycles. The van der Waals surface area contributed by atoms with Crippen molar-refractivity contribution in [3.8, 4) is 11.5 Å². The summed E-state index contributed by atoms with van der Waals surface area (Å²) < 4.78 is 5.56. The molecule has 0 radical (unpaired) electrons. The number of nitrogens with zero attached hydrogens (tertiary/aromatic N) is 2. The minimum atomic E-state index is -0.0377. The van der Waals surface area contributed by atoms with Gasteiger partial charge in [-0.05, 0) is 43.1 Å². The zero-order chi connectivity index (χ0) is 20.8. The smallest absolute Gasteiger partial charge is 0.250 e. The van der Waals surface area contributed by atoms with Crippen molar-refractivity contribution in [2.75, 3.05) is 44.2 Å². The zero-order valence-corrected chi connectivity index (χ0v) is 17.2. The molecule has 0 unspecified atom stereocenters. The first-order valence-corrected chi connectivity index (χ1v) is 10.7. The van der Waals surface area contributed by atoms with Crippen molar-refractivity contribution in [2.24, 2.45) is 0 Å². The van der Waals surface area contributed by atoms with E-state index in [1.54, 1.807) is 12.3 Å². The van der Waals surface area contributed by atoms with Crippen LogP contribution in [0.4, 0.5) is 5.69 Å². The average Bonchev–Trinajstić information content (AvgIpc) is 2.79. The van der Waals surface area contributed by atoms with Gasteiger partial charge in [-0.25, -0.2) is 0 Å². The number of para-hydroxylation sites is 1. The molecular formula is C24H29N3O3. The molecule has 6 nitrogen and oxygen atoms in total. The van der Waals surface area contributed by atoms with Crippen molar-refractivity contribution >= 4 is 11.6 Å². The largest absolute Gasteiger partial charge is 0.508 e. The highest BCUT2D eigenvalue weighted by atomic mass is 16.5. The summed E-state index contributed by atoms with van der Waals surface area (Å²) in [6.45, 7) is 5.70. The Labute approximate surface area is 177 Å². The van der Waals surface area contributed by atoms with Gasteiger partial charge in [-0.15, -0.1) is 0 Å². The summed E-state index contributed by atoms with van der Waals surface area (Å²) in [5.74, 6) is 1.11. The van der Waals surface area contributed by atoms with E-state index in [0.717, 1.165) is 62.6 Å². The first kappa shape index (κ1) is 20.3. The highest BCUT2D eigenvalue weighted by molar-refractivity contribution is 5.94. The molecule has 0 aromatic heterocycles. The first-order valence-electron chi connectivity index (χ1n) is 10.7. The maximum atomic E-state index is 12.4. The lowest BCUT2D eigenvalue weighted by molar-refractivity contribution is -0.117. The molecule has 2 aromatic rings. The number of fused-ring (bicyclic) bond motifs is 1. The lowest BCUT2D eigenvalue weighted by Crippen LogP contribution is -2.46. The Morgan fingerprint density at radius 1 is 1.03 bits per heavy atom. The van der Waals surface area contributed by atoms with Crippen molar-refractivity contribution in [2.45, 2.75) is 19.3 Å². The van der Waals surface area contributed by atoms with Crippen LogP contribution in [0.2, 0.25) is 0 Å². The summed E-state index contributed by atoms with van der Waals surface area (Å²) >= 11 is 0. The van der Waals surface area contributed by atoms with Crippen LogP contribution in [0.25, 0.3) is 0 Å². The summed E-state index contributed by atoms with van der Waals surface area (Å²) in [5.41, 5.74) is 2.81. The third kappa shape index (κ3) is 5.13. The number of nitrogens with one attached hydrogen (secondary N) is 1. The number of rotatable bonds is 7. The summed E-state index contributed by atoms with van der Waals surface area (Å²) in [4.78, 5) is 17.2. The van der Waals surface area contributed by atoms with E-state index in [1.165, 1.54) is 0 Å². The summed E-state index contributed by atoms with van der Waals surface area (Å²) in [6, 6.07) is 15.3. The van der Waals surface area contributed by atoms with Crippen molar-refractivity contribution in [3.63, 3.8) is 0 Å². The van der Waals surface area contributed by atoms with Crippen molar-refractivity contribution in [1.82, 2.24) is 10.2 Å². The Balaban J connectivity index is 1.11. The van der Waals surface area contributed by atoms with E-state index in [-0.39, 0.29) is 5.91 Å². The van der Waals surface area contributed by atoms with Crippen LogP contribution in [0.15, 0.2) is 60.4 Å². The molecule has 6 heteroatoms. The minimum Gasteiger partial charge on any atom is -0.508 e. The maximum Gasteiger partial charge on any atom is 0.250 e. The van der Waals surface area contributed by atoms with Gasteiger partial charge in [0.15, 0.2) is 0 Å². The van der Waals surface area contributed by atoms with Crippen LogP contribution in [0.1, 0.15) is 18.4 Å². The number of hydrogen-bond donors (Lipinski definition) is 2. The van der Waals surface area contributed by atoms with Gasteiger partial charge in [-0.1, -0.05) is 24.3 Å². The van der Waals surface area contributed by atoms with Crippen LogP contribution in [0.3, 0.4) is 0 Å². The number of ether oxygens (including phenoxy) is 1. The predicted octanol–water partition coefficient (Wildman–Crippen LogP) is 2.93. The molecule has 1 fully saturated rings. The number of phenolic OH excluding ortho intramolecular Hbond substituents is 1. The Bertz CT molecular complexity index is 904. The number of carbonyl (C=O) groups excluding carboxylic acids is 1. The highest BCUT2D eigenvalue weighted by Crippen LogP contribution is 2.26. The van der Waals surface area contributed by atoms with E-state index < -0.39 is 0 Å². The molecular weight excluding hydrogens is 378 g/mol. The number of hydrogen-bond acceptors (Lipinski definition) is 5. The molecule has 0 bridgehead atoms. The second-order valence-electron chi connectivity index (χ2n) is 7.86. The quantitative estimate of drug-likeness (QED) is 0.691. The van der Waals surface area contributed by atoms with Gasteiger partial charge in [-0.2, -0.15) is 0 Å². The Morgan fingerprint density at radius 3 is 2.70 bits per heavy atom. The van der Waals surface area contributed by atoms with Crippen LogP contribution in [0, 0.1) is 0 Å². The summed E-state index contributed by atoms with van der Waals surface area (Å²) in [6.07, 6.45) is 4.21. The van der Waals surface area contributed by atoms with E-state index in [4.69, 9.17) is 4.74 Å². The van der Waals surface area contributed by atoms with Gasteiger partial charge in [0, 0.05) is 50.9 Å². The number of phenols is 1. The maximum absolute atomic E-state index is 12.4. The van der Waals surface area contributed by atoms with E-state index in [1.807, 2.05) is 42.5 Å². The Kier molecular flexibility index (Phi) is 6.54. The lowest BCUT2D eigenvalue weighted by atomic mass is 10.0. The van der Waals surface area contributed by atoms with Gasteiger partial charge in [0.1, 0.15) is 17.8 Å². The minimum absolute atomic E-state index is 0.0377. The predicted molar refractivity (Wildman–Crippen MR) is 118 cm³/mol. The van der Waals surface area contributed by atoms with Gasteiger partial charge in [0.05, 0.1) is 5.57 Å². The molecule has 0 spiro atoms. The fourth-order valence-electron chi connectivity index (χ4n) is 3.98. The second kappa shape index (κ2) is 9.67. The number of unbranched alkanes of at least 4 members (excludes halogenated alkanes) is 1. The van der Waals surface area contributed by atoms with Crippen molar-refractivity contribution in [3.05, 3.63) is 65.9 Å². The molecule has 0 aliphatic carbocycles. The van der Waals surface area contributed by atoms with Gasteiger partial charge < -0.3 is 20.1 Å². The molecule has 2 aliphatic rings. The van der Waals surface area contributed by atoms with E-state index in [9.17, 15) is 9.90 Å². The van der Waals surface area contributed by atoms with Crippen LogP contribution in [-0.4, -0.2) is 55.2 Å². The van der Waals surface area contributed by atoms with Gasteiger partial charge in [0.2, 0.25) is 0 Å². The number of amides is 1. The molecule has 2 aromatic carbocycles. The van der Waals surface area contributed by atoms with E-state index >= 15 is 0 Å². The SMILES string of the molecule is O=C(NCCCCN1CCN(c2cccc(O)c2)CC1)C1=COc2ccccc2C1. The fourth-order valence-corrected chi connectivity index (χ4v) is 3.98. The van der Waals surface area contributed by atoms with Crippen molar-refractivity contribution < 1.29 is 14.6 Å². The van der Waals surface area contributed by atoms with Gasteiger partial charge in [0.25, 0.3) is 5.91 Å². The number of carbonyl (C=O) groups is 1. The van der Waals surface area contributed by atoms with E-state index in [2.05, 4.69) is 15.1 Å². The highest BCUT2D eigenvalue weighted by Gasteiger charge is 2.18. The topological polar surface area (TPSA) is 65.0 Å². The number of piperazine rings is 1. The molecule has 2 N–H and O–H groups in total. The van der Waals surface area contributed by atoms with Gasteiger partial charge in [-0.3, -0.25) is 9.69 Å². The van der Waals surface area contributed by atoms with Crippen LogP contribution in [0.5, 0.6) is 11.5 Å². The Hall–Kier alpha value is -2.99.